The monoisotopic (exact) mass is 588 g/mol. The lowest BCUT2D eigenvalue weighted by molar-refractivity contribution is 0.0777. The molecule has 0 aromatic carbocycles. The first-order valence-corrected chi connectivity index (χ1v) is 27.6. The van der Waals surface area contributed by atoms with Gasteiger partial charge in [-0.15, -0.1) is 0 Å². The van der Waals surface area contributed by atoms with Crippen LogP contribution in [0.3, 0.4) is 0 Å². The van der Waals surface area contributed by atoms with Gasteiger partial charge >= 0.3 is 0 Å². The zero-order valence-corrected chi connectivity index (χ0v) is 31.7. The van der Waals surface area contributed by atoms with E-state index in [0.717, 1.165) is 18.4 Å². The van der Waals surface area contributed by atoms with Crippen LogP contribution < -0.4 is 0 Å². The van der Waals surface area contributed by atoms with Gasteiger partial charge in [0.1, 0.15) is 0 Å². The molecule has 2 rings (SSSR count). The fourth-order valence-corrected chi connectivity index (χ4v) is 18.2. The van der Waals surface area contributed by atoms with Crippen molar-refractivity contribution in [2.24, 2.45) is 5.92 Å². The second-order valence-corrected chi connectivity index (χ2v) is 35.2. The third-order valence-corrected chi connectivity index (χ3v) is 25.1. The van der Waals surface area contributed by atoms with Crippen LogP contribution in [0.25, 0.3) is 0 Å². The average Bonchev–Trinajstić information content (AvgIpc) is 3.47. The van der Waals surface area contributed by atoms with Crippen molar-refractivity contribution < 1.29 is 18.0 Å². The zero-order valence-electron chi connectivity index (χ0n) is 27.7. The quantitative estimate of drug-likeness (QED) is 0.150. The maximum absolute atomic E-state index is 7.43. The van der Waals surface area contributed by atoms with Gasteiger partial charge in [-0.1, -0.05) is 46.8 Å². The molecular weight excluding hydrogens is 525 g/mol. The van der Waals surface area contributed by atoms with E-state index in [2.05, 4.69) is 107 Å². The molecule has 8 heteroatoms. The Morgan fingerprint density at radius 3 is 1.86 bits per heavy atom. The van der Waals surface area contributed by atoms with E-state index in [1.54, 1.807) is 0 Å². The first-order valence-electron chi connectivity index (χ1n) is 15.1. The summed E-state index contributed by atoms with van der Waals surface area (Å²) in [5, 5.41) is -0.297. The van der Waals surface area contributed by atoms with Crippen molar-refractivity contribution in [3.63, 3.8) is 0 Å². The lowest BCUT2D eigenvalue weighted by atomic mass is 9.87. The normalized spacial score (nSPS) is 27.7. The summed E-state index contributed by atoms with van der Waals surface area (Å²) in [6.45, 7) is 38.1. The second kappa shape index (κ2) is 11.2. The lowest BCUT2D eigenvalue weighted by Crippen LogP contribution is -2.64. The molecule has 1 saturated heterocycles. The Bertz CT molecular complexity index is 773. The first-order chi connectivity index (χ1) is 16.4. The predicted octanol–water partition coefficient (Wildman–Crippen LogP) is 9.14. The third kappa shape index (κ3) is 7.92. The third-order valence-electron chi connectivity index (χ3n) is 10.7. The van der Waals surface area contributed by atoms with Crippen LogP contribution in [0.15, 0.2) is 0 Å². The standard InChI is InChI=1S/C29H64O4Si4/c1-17-29(7,34(8,9)10)33-36(14,15)27(3,4)23(2)31-37(16,28(5,6)32-35(11,12)13)21-20-24-18-19-25-26(22-24)30-25/h23-26H,17-22H2,1-16H3. The highest BCUT2D eigenvalue weighted by molar-refractivity contribution is 6.81. The molecule has 6 atom stereocenters. The molecule has 0 spiro atoms. The Morgan fingerprint density at radius 2 is 1.41 bits per heavy atom. The van der Waals surface area contributed by atoms with Gasteiger partial charge in [-0.05, 0) is 105 Å². The Morgan fingerprint density at radius 1 is 0.838 bits per heavy atom. The van der Waals surface area contributed by atoms with Gasteiger partial charge in [-0.2, -0.15) is 0 Å². The summed E-state index contributed by atoms with van der Waals surface area (Å²) in [5.74, 6) is 0.765. The van der Waals surface area contributed by atoms with Crippen molar-refractivity contribution in [1.82, 2.24) is 0 Å². The highest BCUT2D eigenvalue weighted by Crippen LogP contribution is 2.49. The SMILES string of the molecule is CCC(C)(O[Si](C)(C)C(C)(C)C(C)O[Si](C)(CCC1CCC2OC2C1)C(C)(C)O[Si](C)(C)C)[Si](C)(C)C. The molecule has 0 N–H and O–H groups in total. The van der Waals surface area contributed by atoms with Crippen LogP contribution >= 0.6 is 0 Å². The van der Waals surface area contributed by atoms with E-state index in [9.17, 15) is 0 Å². The highest BCUT2D eigenvalue weighted by Gasteiger charge is 2.56. The molecule has 0 aromatic rings. The molecule has 0 amide bonds. The van der Waals surface area contributed by atoms with E-state index in [4.69, 9.17) is 18.0 Å². The number of epoxide rings is 1. The molecule has 37 heavy (non-hydrogen) atoms. The summed E-state index contributed by atoms with van der Waals surface area (Å²) in [5.41, 5.74) is 0. The van der Waals surface area contributed by atoms with Crippen molar-refractivity contribution in [1.29, 1.82) is 0 Å². The average molecular weight is 589 g/mol. The fraction of sp³-hybridized carbons (Fsp3) is 1.00. The Labute approximate surface area is 235 Å². The maximum Gasteiger partial charge on any atom is 0.219 e. The molecule has 1 aliphatic heterocycles. The van der Waals surface area contributed by atoms with Gasteiger partial charge < -0.3 is 18.0 Å². The van der Waals surface area contributed by atoms with E-state index >= 15 is 0 Å². The summed E-state index contributed by atoms with van der Waals surface area (Å²) in [7, 11) is -7.69. The van der Waals surface area contributed by atoms with Crippen LogP contribution in [0, 0.1) is 5.92 Å². The van der Waals surface area contributed by atoms with Gasteiger partial charge in [0.05, 0.1) is 25.5 Å². The summed E-state index contributed by atoms with van der Waals surface area (Å²) in [6.07, 6.45) is 7.33. The summed E-state index contributed by atoms with van der Waals surface area (Å²) in [4.78, 5) is 0. The van der Waals surface area contributed by atoms with E-state index in [1.807, 2.05) is 0 Å². The van der Waals surface area contributed by atoms with Crippen molar-refractivity contribution in [3.8, 4) is 0 Å². The highest BCUT2D eigenvalue weighted by atomic mass is 28.4. The topological polar surface area (TPSA) is 40.2 Å². The smallest absolute Gasteiger partial charge is 0.219 e. The first kappa shape index (κ1) is 33.9. The largest absolute Gasteiger partial charge is 0.414 e. The maximum atomic E-state index is 7.43. The molecule has 2 fully saturated rings. The molecule has 0 radical (unpaired) electrons. The summed E-state index contributed by atoms with van der Waals surface area (Å²) < 4.78 is 27.5. The molecule has 4 nitrogen and oxygen atoms in total. The van der Waals surface area contributed by atoms with Crippen molar-refractivity contribution >= 4 is 33.0 Å². The molecule has 2 aliphatic rings. The number of hydrogen-bond donors (Lipinski definition) is 0. The Kier molecular flexibility index (Phi) is 10.2. The van der Waals surface area contributed by atoms with Crippen LogP contribution in [0.1, 0.15) is 80.6 Å². The minimum absolute atomic E-state index is 0.0234. The van der Waals surface area contributed by atoms with E-state index in [1.165, 1.54) is 25.7 Å². The molecule has 6 unspecified atom stereocenters. The second-order valence-electron chi connectivity index (χ2n) is 16.3. The van der Waals surface area contributed by atoms with Crippen LogP contribution in [-0.4, -0.2) is 61.8 Å². The zero-order chi connectivity index (χ0) is 28.9. The van der Waals surface area contributed by atoms with Crippen LogP contribution in [0.2, 0.25) is 70.0 Å². The van der Waals surface area contributed by atoms with Crippen molar-refractivity contribution in [2.75, 3.05) is 0 Å². The molecule has 0 aromatic heterocycles. The summed E-state index contributed by atoms with van der Waals surface area (Å²) in [6, 6.07) is 1.15. The van der Waals surface area contributed by atoms with Gasteiger partial charge in [-0.3, -0.25) is 0 Å². The Balaban J connectivity index is 2.29. The van der Waals surface area contributed by atoms with Gasteiger partial charge in [-0.25, -0.2) is 0 Å². The number of hydrogen-bond acceptors (Lipinski definition) is 4. The Hall–Kier alpha value is 0.708. The number of rotatable bonds is 14. The number of fused-ring (bicyclic) bond motifs is 1. The molecule has 1 saturated carbocycles. The van der Waals surface area contributed by atoms with Gasteiger partial charge in [0, 0.05) is 16.4 Å². The number of ether oxygens (including phenoxy) is 1. The molecule has 220 valence electrons. The molecule has 0 bridgehead atoms. The van der Waals surface area contributed by atoms with E-state index < -0.39 is 33.0 Å². The van der Waals surface area contributed by atoms with Gasteiger partial charge in [0.2, 0.25) is 8.32 Å². The molecular formula is C29H64O4Si4. The molecule has 1 aliphatic carbocycles. The van der Waals surface area contributed by atoms with E-state index in [-0.39, 0.29) is 21.6 Å². The fourth-order valence-electron chi connectivity index (χ4n) is 6.08. The van der Waals surface area contributed by atoms with Crippen molar-refractivity contribution in [2.45, 2.75) is 179 Å². The van der Waals surface area contributed by atoms with Gasteiger partial charge in [0.25, 0.3) is 0 Å². The van der Waals surface area contributed by atoms with Crippen molar-refractivity contribution in [3.05, 3.63) is 0 Å². The predicted molar refractivity (Wildman–Crippen MR) is 171 cm³/mol. The lowest BCUT2D eigenvalue weighted by Gasteiger charge is -2.54. The minimum atomic E-state index is -2.29. The molecule has 1 heterocycles. The van der Waals surface area contributed by atoms with Crippen LogP contribution in [0.4, 0.5) is 0 Å². The van der Waals surface area contributed by atoms with Gasteiger partial charge in [0.15, 0.2) is 16.6 Å². The summed E-state index contributed by atoms with van der Waals surface area (Å²) >= 11 is 0. The minimum Gasteiger partial charge on any atom is -0.414 e. The van der Waals surface area contributed by atoms with Crippen LogP contribution in [-0.2, 0) is 18.0 Å². The van der Waals surface area contributed by atoms with Crippen LogP contribution in [0.5, 0.6) is 0 Å². The van der Waals surface area contributed by atoms with E-state index in [0.29, 0.717) is 12.2 Å².